The van der Waals surface area contributed by atoms with Crippen LogP contribution in [-0.2, 0) is 15.0 Å². The van der Waals surface area contributed by atoms with Crippen molar-refractivity contribution < 1.29 is 18.4 Å². The van der Waals surface area contributed by atoms with E-state index in [9.17, 15) is 28.9 Å². The lowest BCUT2D eigenvalue weighted by atomic mass is 9.92. The maximum atomic E-state index is 14.2. The van der Waals surface area contributed by atoms with Crippen LogP contribution >= 0.6 is 0 Å². The first kappa shape index (κ1) is 28.7. The molecule has 3 fully saturated rings. The minimum atomic E-state index is -2.75. The Labute approximate surface area is 239 Å². The number of alkyl halides is 2. The molecule has 0 saturated heterocycles. The highest BCUT2D eigenvalue weighted by Gasteiger charge is 2.55. The van der Waals surface area contributed by atoms with E-state index < -0.39 is 40.9 Å². The van der Waals surface area contributed by atoms with E-state index >= 15 is 0 Å². The summed E-state index contributed by atoms with van der Waals surface area (Å²) in [7, 11) is 0. The van der Waals surface area contributed by atoms with Crippen LogP contribution in [0.25, 0.3) is 11.1 Å². The van der Waals surface area contributed by atoms with Crippen LogP contribution in [0.1, 0.15) is 76.0 Å². The number of hydrogen-bond acceptors (Lipinski definition) is 5. The first-order chi connectivity index (χ1) is 19.5. The Kier molecular flexibility index (Phi) is 7.61. The molecule has 0 aliphatic heterocycles. The molecule has 0 radical (unpaired) electrons. The Hall–Kier alpha value is -3.82. The number of amides is 2. The van der Waals surface area contributed by atoms with Crippen LogP contribution in [0.3, 0.4) is 0 Å². The molecule has 0 spiro atoms. The maximum absolute atomic E-state index is 14.2. The summed E-state index contributed by atoms with van der Waals surface area (Å²) in [5.74, 6) is -0.438. The fourth-order valence-electron chi connectivity index (χ4n) is 5.33. The summed E-state index contributed by atoms with van der Waals surface area (Å²) in [6, 6.07) is 16.6. The van der Waals surface area contributed by atoms with Gasteiger partial charge < -0.3 is 10.6 Å². The fourth-order valence-corrected chi connectivity index (χ4v) is 5.33. The first-order valence-electron chi connectivity index (χ1n) is 14.3. The molecule has 2 aromatic rings. The summed E-state index contributed by atoms with van der Waals surface area (Å²) in [6.07, 6.45) is 1.61. The van der Waals surface area contributed by atoms with Crippen molar-refractivity contribution in [3.63, 3.8) is 0 Å². The Balaban J connectivity index is 1.28. The fraction of sp³-hybridized carbons (Fsp3) is 0.500. The van der Waals surface area contributed by atoms with Crippen molar-refractivity contribution in [2.24, 2.45) is 5.92 Å². The van der Waals surface area contributed by atoms with Gasteiger partial charge in [-0.3, -0.25) is 14.9 Å². The average Bonchev–Trinajstić information content (AvgIpc) is 3.84. The summed E-state index contributed by atoms with van der Waals surface area (Å²) in [5.41, 5.74) is 0.838. The third-order valence-corrected chi connectivity index (χ3v) is 8.52. The van der Waals surface area contributed by atoms with Gasteiger partial charge in [-0.25, -0.2) is 8.78 Å². The summed E-state index contributed by atoms with van der Waals surface area (Å²) in [6.45, 7) is 3.84. The highest BCUT2D eigenvalue weighted by atomic mass is 19.3. The number of nitriles is 2. The molecule has 2 atom stereocenters. The van der Waals surface area contributed by atoms with Crippen molar-refractivity contribution >= 4 is 11.8 Å². The van der Waals surface area contributed by atoms with Crippen molar-refractivity contribution in [2.45, 2.75) is 93.8 Å². The van der Waals surface area contributed by atoms with Crippen molar-refractivity contribution in [3.05, 3.63) is 59.7 Å². The van der Waals surface area contributed by atoms with E-state index in [-0.39, 0.29) is 11.8 Å². The standard InChI is InChI=1S/C32H35F2N5O2/c1-20(2)17-25(28(40)38-30(18-35)11-12-30)37-26(27(33)34)23-5-3-21(4-6-23)22-7-9-24(10-8-22)32(15-16-32)29(41)39-31(19-36)13-14-31/h3-10,20,25-27,37H,11-17H2,1-2H3,(H,38,40)(H,39,41)/t25-,26-/m0/s1. The maximum Gasteiger partial charge on any atom is 0.257 e. The first-order valence-corrected chi connectivity index (χ1v) is 14.3. The van der Waals surface area contributed by atoms with Crippen LogP contribution in [-0.4, -0.2) is 35.4 Å². The van der Waals surface area contributed by atoms with E-state index in [0.717, 1.165) is 29.5 Å². The van der Waals surface area contributed by atoms with Crippen molar-refractivity contribution in [1.82, 2.24) is 16.0 Å². The van der Waals surface area contributed by atoms with E-state index in [2.05, 4.69) is 28.1 Å². The zero-order valence-corrected chi connectivity index (χ0v) is 23.3. The number of nitrogens with zero attached hydrogens (tertiary/aromatic N) is 2. The molecule has 2 amide bonds. The molecule has 7 nitrogen and oxygen atoms in total. The quantitative estimate of drug-likeness (QED) is 0.337. The molecular weight excluding hydrogens is 524 g/mol. The van der Waals surface area contributed by atoms with Gasteiger partial charge in [0.1, 0.15) is 11.1 Å². The van der Waals surface area contributed by atoms with Gasteiger partial charge in [0.2, 0.25) is 11.8 Å². The van der Waals surface area contributed by atoms with Crippen molar-refractivity contribution in [1.29, 1.82) is 10.5 Å². The molecule has 3 aliphatic carbocycles. The second-order valence-corrected chi connectivity index (χ2v) is 12.3. The van der Waals surface area contributed by atoms with E-state index in [1.807, 2.05) is 38.1 Å². The lowest BCUT2D eigenvalue weighted by molar-refractivity contribution is -0.125. The molecular formula is C32H35F2N5O2. The van der Waals surface area contributed by atoms with Gasteiger partial charge in [-0.05, 0) is 73.1 Å². The van der Waals surface area contributed by atoms with Crippen LogP contribution in [0, 0.1) is 28.6 Å². The predicted octanol–water partition coefficient (Wildman–Crippen LogP) is 5.04. The molecule has 3 aliphatic rings. The Morgan fingerprint density at radius 1 is 0.829 bits per heavy atom. The number of hydrogen-bond donors (Lipinski definition) is 3. The second kappa shape index (κ2) is 10.9. The molecule has 0 unspecified atom stereocenters. The van der Waals surface area contributed by atoms with E-state index in [0.29, 0.717) is 37.7 Å². The van der Waals surface area contributed by atoms with E-state index in [1.165, 1.54) is 0 Å². The van der Waals surface area contributed by atoms with Gasteiger partial charge in [-0.2, -0.15) is 10.5 Å². The van der Waals surface area contributed by atoms with Crippen molar-refractivity contribution in [2.75, 3.05) is 0 Å². The van der Waals surface area contributed by atoms with Gasteiger partial charge in [-0.1, -0.05) is 62.4 Å². The summed E-state index contributed by atoms with van der Waals surface area (Å²) >= 11 is 0. The Morgan fingerprint density at radius 2 is 1.34 bits per heavy atom. The number of rotatable bonds is 12. The largest absolute Gasteiger partial charge is 0.337 e. The number of halogens is 2. The Morgan fingerprint density at radius 3 is 1.78 bits per heavy atom. The van der Waals surface area contributed by atoms with Crippen LogP contribution in [0.2, 0.25) is 0 Å². The number of carbonyl (C=O) groups is 2. The molecule has 2 aromatic carbocycles. The zero-order chi connectivity index (χ0) is 29.4. The molecule has 9 heteroatoms. The van der Waals surface area contributed by atoms with Crippen LogP contribution in [0.4, 0.5) is 8.78 Å². The molecule has 3 N–H and O–H groups in total. The predicted molar refractivity (Wildman–Crippen MR) is 149 cm³/mol. The minimum absolute atomic E-state index is 0.0844. The molecule has 0 bridgehead atoms. The van der Waals surface area contributed by atoms with Crippen molar-refractivity contribution in [3.8, 4) is 23.3 Å². The summed E-state index contributed by atoms with van der Waals surface area (Å²) in [5, 5.41) is 27.2. The molecule has 41 heavy (non-hydrogen) atoms. The minimum Gasteiger partial charge on any atom is -0.337 e. The summed E-state index contributed by atoms with van der Waals surface area (Å²) < 4.78 is 28.5. The van der Waals surface area contributed by atoms with E-state index in [1.54, 1.807) is 24.3 Å². The van der Waals surface area contributed by atoms with Gasteiger partial charge in [0.15, 0.2) is 0 Å². The highest BCUT2D eigenvalue weighted by Crippen LogP contribution is 2.50. The third-order valence-electron chi connectivity index (χ3n) is 8.52. The van der Waals surface area contributed by atoms with Crippen LogP contribution < -0.4 is 16.0 Å². The normalized spacial score (nSPS) is 20.3. The highest BCUT2D eigenvalue weighted by molar-refractivity contribution is 5.92. The molecule has 3 saturated carbocycles. The van der Waals surface area contributed by atoms with Crippen LogP contribution in [0.5, 0.6) is 0 Å². The Bertz CT molecular complexity index is 1380. The monoisotopic (exact) mass is 559 g/mol. The lowest BCUT2D eigenvalue weighted by Gasteiger charge is -2.27. The topological polar surface area (TPSA) is 118 Å². The summed E-state index contributed by atoms with van der Waals surface area (Å²) in [4.78, 5) is 25.9. The lowest BCUT2D eigenvalue weighted by Crippen LogP contribution is -2.51. The van der Waals surface area contributed by atoms with E-state index in [4.69, 9.17) is 0 Å². The SMILES string of the molecule is CC(C)C[C@H](N[C@@H](c1ccc(-c2ccc(C3(C(=O)NC4(C#N)CC4)CC3)cc2)cc1)C(F)F)C(=O)NC1(C#N)CC1. The molecule has 0 heterocycles. The van der Waals surface area contributed by atoms with Gasteiger partial charge in [0.25, 0.3) is 6.43 Å². The zero-order valence-electron chi connectivity index (χ0n) is 23.3. The molecule has 5 rings (SSSR count). The number of nitrogens with one attached hydrogen (secondary N) is 3. The average molecular weight is 560 g/mol. The molecule has 214 valence electrons. The number of benzene rings is 2. The number of carbonyl (C=O) groups excluding carboxylic acids is 2. The van der Waals surface area contributed by atoms with Gasteiger partial charge in [0, 0.05) is 0 Å². The van der Waals surface area contributed by atoms with Gasteiger partial charge >= 0.3 is 0 Å². The van der Waals surface area contributed by atoms with Gasteiger partial charge in [0.05, 0.1) is 29.6 Å². The van der Waals surface area contributed by atoms with Gasteiger partial charge in [-0.15, -0.1) is 0 Å². The smallest absolute Gasteiger partial charge is 0.257 e. The van der Waals surface area contributed by atoms with Crippen LogP contribution in [0.15, 0.2) is 48.5 Å². The second-order valence-electron chi connectivity index (χ2n) is 12.3. The molecule has 0 aromatic heterocycles. The third kappa shape index (κ3) is 6.11.